The lowest BCUT2D eigenvalue weighted by Gasteiger charge is -2.29. The molecule has 15 nitrogen and oxygen atoms in total. The van der Waals surface area contributed by atoms with Gasteiger partial charge in [0.15, 0.2) is 0 Å². The number of carbonyl (C=O) groups is 4. The lowest BCUT2D eigenvalue weighted by Crippen LogP contribution is -2.50. The lowest BCUT2D eigenvalue weighted by molar-refractivity contribution is -0.135. The number of benzene rings is 4. The molecule has 15 heteroatoms. The molecule has 2 saturated heterocycles. The molecule has 308 valence electrons. The number of fused-ring (bicyclic) bond motifs is 6. The summed E-state index contributed by atoms with van der Waals surface area (Å²) in [5.41, 5.74) is 7.14. The van der Waals surface area contributed by atoms with Gasteiger partial charge in [-0.05, 0) is 83.5 Å². The minimum absolute atomic E-state index is 0.201. The van der Waals surface area contributed by atoms with Crippen molar-refractivity contribution in [1.82, 2.24) is 40.4 Å². The van der Waals surface area contributed by atoms with Gasteiger partial charge in [-0.15, -0.1) is 0 Å². The van der Waals surface area contributed by atoms with Gasteiger partial charge >= 0.3 is 12.2 Å². The van der Waals surface area contributed by atoms with Gasteiger partial charge < -0.3 is 45.0 Å². The van der Waals surface area contributed by atoms with Gasteiger partial charge in [-0.1, -0.05) is 62.4 Å². The van der Waals surface area contributed by atoms with Gasteiger partial charge in [0.1, 0.15) is 36.1 Å². The number of aromatic amines is 2. The maximum absolute atomic E-state index is 14.1. The predicted octanol–water partition coefficient (Wildman–Crippen LogP) is 7.38. The van der Waals surface area contributed by atoms with E-state index in [2.05, 4.69) is 62.0 Å². The SMILES string of the molecule is COC(=O)NC(C(=O)N1CCCC1c1nc2ccc3cc4c(cc3c2[nH]1)OCc1cc(-c2cnc(C3CCCN3C(=O)C(NC(=O)O)C(C)C)[nH]2)ccc1-4)c1ccccc1. The fourth-order valence-corrected chi connectivity index (χ4v) is 9.02. The van der Waals surface area contributed by atoms with E-state index in [-0.39, 0.29) is 29.8 Å². The van der Waals surface area contributed by atoms with Crippen LogP contribution in [0.15, 0.2) is 79.0 Å². The summed E-state index contributed by atoms with van der Waals surface area (Å²) in [6.07, 6.45) is 2.94. The van der Waals surface area contributed by atoms with E-state index in [1.807, 2.05) is 50.2 Å². The van der Waals surface area contributed by atoms with Crippen molar-refractivity contribution in [2.24, 2.45) is 5.92 Å². The van der Waals surface area contributed by atoms with Crippen LogP contribution < -0.4 is 15.4 Å². The molecular weight excluding hydrogens is 765 g/mol. The van der Waals surface area contributed by atoms with Gasteiger partial charge in [0.2, 0.25) is 5.91 Å². The van der Waals surface area contributed by atoms with E-state index in [9.17, 15) is 24.3 Å². The highest BCUT2D eigenvalue weighted by atomic mass is 16.5. The number of alkyl carbamates (subject to hydrolysis) is 1. The zero-order chi connectivity index (χ0) is 41.7. The highest BCUT2D eigenvalue weighted by molar-refractivity contribution is 6.07. The molecule has 5 N–H and O–H groups in total. The first kappa shape index (κ1) is 38.6. The molecule has 0 bridgehead atoms. The van der Waals surface area contributed by atoms with Crippen LogP contribution in [0.1, 0.15) is 80.4 Å². The second-order valence-electron chi connectivity index (χ2n) is 16.0. The third kappa shape index (κ3) is 7.03. The molecule has 4 unspecified atom stereocenters. The molecular formula is C45H46N8O7. The summed E-state index contributed by atoms with van der Waals surface area (Å²) in [5, 5.41) is 16.4. The minimum atomic E-state index is -1.22. The number of nitrogens with zero attached hydrogens (tertiary/aromatic N) is 4. The van der Waals surface area contributed by atoms with Crippen LogP contribution in [-0.4, -0.2) is 85.1 Å². The number of nitrogens with one attached hydrogen (secondary N) is 4. The largest absolute Gasteiger partial charge is 0.488 e. The summed E-state index contributed by atoms with van der Waals surface area (Å²) in [5.74, 6) is 1.45. The van der Waals surface area contributed by atoms with Gasteiger partial charge in [-0.25, -0.2) is 19.6 Å². The van der Waals surface area contributed by atoms with Crippen molar-refractivity contribution >= 4 is 45.8 Å². The summed E-state index contributed by atoms with van der Waals surface area (Å²) in [4.78, 5) is 71.5. The maximum atomic E-state index is 14.1. The summed E-state index contributed by atoms with van der Waals surface area (Å²) in [6.45, 7) is 5.10. The number of methoxy groups -OCH3 is 1. The second-order valence-corrected chi connectivity index (χ2v) is 16.0. The number of likely N-dealkylation sites (tertiary alicyclic amines) is 2. The van der Waals surface area contributed by atoms with Crippen molar-refractivity contribution in [2.45, 2.75) is 70.3 Å². The van der Waals surface area contributed by atoms with Crippen LogP contribution in [-0.2, 0) is 20.9 Å². The molecule has 6 aromatic rings. The Kier molecular flexibility index (Phi) is 10.1. The third-order valence-corrected chi connectivity index (χ3v) is 12.0. The number of carboxylic acid groups (broad SMARTS) is 1. The molecule has 4 aromatic carbocycles. The lowest BCUT2D eigenvalue weighted by atomic mass is 9.92. The molecule has 5 heterocycles. The van der Waals surface area contributed by atoms with E-state index in [4.69, 9.17) is 14.5 Å². The van der Waals surface area contributed by atoms with Gasteiger partial charge in [0.05, 0.1) is 42.1 Å². The molecule has 4 atom stereocenters. The molecule has 3 aliphatic rings. The molecule has 0 spiro atoms. The van der Waals surface area contributed by atoms with Crippen LogP contribution in [0.25, 0.3) is 44.2 Å². The first-order valence-corrected chi connectivity index (χ1v) is 20.4. The Morgan fingerprint density at radius 2 is 1.62 bits per heavy atom. The molecule has 0 saturated carbocycles. The van der Waals surface area contributed by atoms with E-state index in [0.717, 1.165) is 81.2 Å². The topological polar surface area (TPSA) is 195 Å². The number of hydrogen-bond acceptors (Lipinski definition) is 8. The molecule has 4 amide bonds. The Labute approximate surface area is 345 Å². The summed E-state index contributed by atoms with van der Waals surface area (Å²) in [7, 11) is 1.28. The van der Waals surface area contributed by atoms with Crippen LogP contribution in [0.2, 0.25) is 0 Å². The van der Waals surface area contributed by atoms with Crippen molar-refractivity contribution in [3.05, 3.63) is 102 Å². The number of H-pyrrole nitrogens is 2. The Morgan fingerprint density at radius 1 is 0.867 bits per heavy atom. The van der Waals surface area contributed by atoms with Crippen LogP contribution >= 0.6 is 0 Å². The second kappa shape index (κ2) is 15.7. The summed E-state index contributed by atoms with van der Waals surface area (Å²) < 4.78 is 11.3. The quantitative estimate of drug-likeness (QED) is 0.0990. The Morgan fingerprint density at radius 3 is 2.35 bits per heavy atom. The number of hydrogen-bond donors (Lipinski definition) is 5. The fourth-order valence-electron chi connectivity index (χ4n) is 9.02. The maximum Gasteiger partial charge on any atom is 0.407 e. The molecule has 60 heavy (non-hydrogen) atoms. The molecule has 3 aliphatic heterocycles. The van der Waals surface area contributed by atoms with Crippen molar-refractivity contribution < 1.29 is 33.8 Å². The van der Waals surface area contributed by atoms with Crippen molar-refractivity contribution in [1.29, 1.82) is 0 Å². The fraction of sp³-hybridized carbons (Fsp3) is 0.333. The standard InChI is InChI=1S/C45H46N8O7/c1-24(2)37(50-44(56)57)42(54)52-17-7-11-34(52)40-46-22-33(48-40)27-13-15-29-28(19-27)23-60-36-21-30-26(20-31(29)36)14-16-32-39(30)49-41(47-32)35-12-8-18-53(35)43(55)38(51-45(58)59-3)25-9-5-4-6-10-25/h4-6,9-10,13-16,19-22,24,34-35,37-38,50H,7-8,11-12,17-18,23H2,1-3H3,(H,46,48)(H,47,49)(H,51,58)(H,56,57). The molecule has 0 radical (unpaired) electrons. The average Bonchev–Trinajstić information content (AvgIpc) is 4.10. The number of amides is 4. The number of aromatic nitrogens is 4. The van der Waals surface area contributed by atoms with E-state index in [0.29, 0.717) is 36.9 Å². The molecule has 2 aromatic heterocycles. The normalized spacial score (nSPS) is 18.2. The van der Waals surface area contributed by atoms with Gasteiger partial charge in [0, 0.05) is 24.0 Å². The van der Waals surface area contributed by atoms with E-state index in [1.165, 1.54) is 7.11 Å². The Hall–Kier alpha value is -6.90. The summed E-state index contributed by atoms with van der Waals surface area (Å²) in [6, 6.07) is 21.4. The molecule has 2 fully saturated rings. The zero-order valence-electron chi connectivity index (χ0n) is 33.5. The van der Waals surface area contributed by atoms with Gasteiger partial charge in [-0.3, -0.25) is 9.59 Å². The van der Waals surface area contributed by atoms with Crippen molar-refractivity contribution in [3.8, 4) is 28.1 Å². The average molecular weight is 811 g/mol. The van der Waals surface area contributed by atoms with Gasteiger partial charge in [0.25, 0.3) is 5.91 Å². The number of rotatable bonds is 9. The van der Waals surface area contributed by atoms with Crippen molar-refractivity contribution in [3.63, 3.8) is 0 Å². The monoisotopic (exact) mass is 810 g/mol. The first-order chi connectivity index (χ1) is 29.1. The zero-order valence-corrected chi connectivity index (χ0v) is 33.5. The Balaban J connectivity index is 0.965. The van der Waals surface area contributed by atoms with Gasteiger partial charge in [-0.2, -0.15) is 0 Å². The van der Waals surface area contributed by atoms with E-state index in [1.54, 1.807) is 16.0 Å². The molecule has 9 rings (SSSR count). The van der Waals surface area contributed by atoms with Crippen LogP contribution in [0.4, 0.5) is 9.59 Å². The van der Waals surface area contributed by atoms with Crippen LogP contribution in [0, 0.1) is 5.92 Å². The van der Waals surface area contributed by atoms with E-state index < -0.39 is 24.3 Å². The smallest absolute Gasteiger partial charge is 0.407 e. The molecule has 0 aliphatic carbocycles. The number of carbonyl (C=O) groups excluding carboxylic acids is 3. The highest BCUT2D eigenvalue weighted by Crippen LogP contribution is 2.43. The number of ether oxygens (including phenoxy) is 2. The first-order valence-electron chi connectivity index (χ1n) is 20.4. The number of imidazole rings is 2. The summed E-state index contributed by atoms with van der Waals surface area (Å²) >= 11 is 0. The minimum Gasteiger partial charge on any atom is -0.488 e. The Bertz CT molecular complexity index is 2640. The highest BCUT2D eigenvalue weighted by Gasteiger charge is 2.39. The van der Waals surface area contributed by atoms with Crippen molar-refractivity contribution in [2.75, 3.05) is 20.2 Å². The predicted molar refractivity (Wildman–Crippen MR) is 223 cm³/mol. The third-order valence-electron chi connectivity index (χ3n) is 12.0. The van der Waals surface area contributed by atoms with Crippen LogP contribution in [0.3, 0.4) is 0 Å². The van der Waals surface area contributed by atoms with Crippen LogP contribution in [0.5, 0.6) is 5.75 Å². The van der Waals surface area contributed by atoms with E-state index >= 15 is 0 Å².